The first-order chi connectivity index (χ1) is 6.19. The van der Waals surface area contributed by atoms with Crippen LogP contribution in [0.4, 0.5) is 0 Å². The molecule has 1 saturated heterocycles. The van der Waals surface area contributed by atoms with Gasteiger partial charge in [-0.15, -0.1) is 0 Å². The molecule has 3 unspecified atom stereocenters. The Labute approximate surface area is 82.7 Å². The lowest BCUT2D eigenvalue weighted by Crippen LogP contribution is -2.36. The smallest absolute Gasteiger partial charge is 0.0196 e. The van der Waals surface area contributed by atoms with Crippen LogP contribution in [0, 0.1) is 5.92 Å². The van der Waals surface area contributed by atoms with E-state index in [1.165, 1.54) is 25.9 Å². The Morgan fingerprint density at radius 2 is 2.08 bits per heavy atom. The third kappa shape index (κ3) is 3.28. The van der Waals surface area contributed by atoms with Gasteiger partial charge in [0.2, 0.25) is 0 Å². The van der Waals surface area contributed by atoms with Crippen LogP contribution in [0.25, 0.3) is 0 Å². The summed E-state index contributed by atoms with van der Waals surface area (Å²) < 4.78 is 0. The number of rotatable bonds is 6. The van der Waals surface area contributed by atoms with Gasteiger partial charge in [0.25, 0.3) is 0 Å². The summed E-state index contributed by atoms with van der Waals surface area (Å²) in [5.74, 6) is 0.829. The molecule has 78 valence electrons. The average molecular weight is 184 g/mol. The minimum atomic E-state index is 0.771. The van der Waals surface area contributed by atoms with Crippen LogP contribution in [0.2, 0.25) is 0 Å². The van der Waals surface area contributed by atoms with Crippen molar-refractivity contribution >= 4 is 0 Å². The van der Waals surface area contributed by atoms with E-state index in [2.05, 4.69) is 38.0 Å². The van der Waals surface area contributed by atoms with Crippen LogP contribution in [-0.2, 0) is 0 Å². The Hall–Kier alpha value is -0.0800. The van der Waals surface area contributed by atoms with Crippen molar-refractivity contribution in [1.82, 2.24) is 10.2 Å². The Morgan fingerprint density at radius 3 is 2.46 bits per heavy atom. The molecule has 0 amide bonds. The molecule has 1 heterocycles. The first kappa shape index (κ1) is 11.0. The largest absolute Gasteiger partial charge is 0.311 e. The normalized spacial score (nSPS) is 26.1. The van der Waals surface area contributed by atoms with Crippen molar-refractivity contribution in [1.29, 1.82) is 0 Å². The van der Waals surface area contributed by atoms with Gasteiger partial charge in [0.05, 0.1) is 0 Å². The van der Waals surface area contributed by atoms with E-state index < -0.39 is 0 Å². The van der Waals surface area contributed by atoms with Gasteiger partial charge in [0, 0.05) is 18.6 Å². The van der Waals surface area contributed by atoms with Crippen molar-refractivity contribution in [3.05, 3.63) is 0 Å². The van der Waals surface area contributed by atoms with Crippen LogP contribution < -0.4 is 5.32 Å². The summed E-state index contributed by atoms with van der Waals surface area (Å²) in [4.78, 5) is 2.48. The number of nitrogens with one attached hydrogen (secondary N) is 1. The maximum absolute atomic E-state index is 3.38. The number of hydrogen-bond acceptors (Lipinski definition) is 2. The minimum absolute atomic E-state index is 0.771. The first-order valence-corrected chi connectivity index (χ1v) is 5.62. The van der Waals surface area contributed by atoms with Crippen molar-refractivity contribution in [2.45, 2.75) is 45.7 Å². The van der Waals surface area contributed by atoms with Crippen molar-refractivity contribution in [3.8, 4) is 0 Å². The molecule has 1 aliphatic rings. The van der Waals surface area contributed by atoms with Crippen molar-refractivity contribution in [2.24, 2.45) is 5.92 Å². The molecule has 1 rings (SSSR count). The molecule has 1 N–H and O–H groups in total. The van der Waals surface area contributed by atoms with Crippen LogP contribution in [0.5, 0.6) is 0 Å². The Balaban J connectivity index is 2.33. The van der Waals surface area contributed by atoms with E-state index in [1.807, 2.05) is 0 Å². The van der Waals surface area contributed by atoms with E-state index in [4.69, 9.17) is 0 Å². The van der Waals surface area contributed by atoms with Gasteiger partial charge in [-0.25, -0.2) is 0 Å². The summed E-state index contributed by atoms with van der Waals surface area (Å²) in [7, 11) is 2.24. The van der Waals surface area contributed by atoms with Gasteiger partial charge in [-0.05, 0) is 32.4 Å². The van der Waals surface area contributed by atoms with E-state index in [-0.39, 0.29) is 0 Å². The molecule has 0 bridgehead atoms. The topological polar surface area (TPSA) is 25.2 Å². The van der Waals surface area contributed by atoms with Gasteiger partial charge in [-0.1, -0.05) is 20.8 Å². The predicted octanol–water partition coefficient (Wildman–Crippen LogP) is 1.71. The summed E-state index contributed by atoms with van der Waals surface area (Å²) in [6.07, 6.45) is 2.63. The van der Waals surface area contributed by atoms with Crippen LogP contribution in [0.15, 0.2) is 0 Å². The summed E-state index contributed by atoms with van der Waals surface area (Å²) in [6, 6.07) is 1.60. The van der Waals surface area contributed by atoms with E-state index >= 15 is 0 Å². The summed E-state index contributed by atoms with van der Waals surface area (Å²) in [5, 5.41) is 3.38. The molecule has 1 fully saturated rings. The lowest BCUT2D eigenvalue weighted by Gasteiger charge is -2.31. The lowest BCUT2D eigenvalue weighted by molar-refractivity contribution is 0.179. The number of nitrogens with zero attached hydrogens (tertiary/aromatic N) is 1. The zero-order chi connectivity index (χ0) is 9.84. The van der Waals surface area contributed by atoms with Crippen LogP contribution in [0.1, 0.15) is 33.6 Å². The molecule has 0 radical (unpaired) electrons. The molecule has 2 nitrogen and oxygen atoms in total. The quantitative estimate of drug-likeness (QED) is 0.636. The molecule has 0 spiro atoms. The second-order valence-corrected chi connectivity index (χ2v) is 4.37. The molecule has 0 saturated carbocycles. The summed E-state index contributed by atoms with van der Waals surface area (Å²) in [5.41, 5.74) is 0. The molecule has 0 aromatic carbocycles. The molecule has 13 heavy (non-hydrogen) atoms. The minimum Gasteiger partial charge on any atom is -0.311 e. The van der Waals surface area contributed by atoms with Crippen molar-refractivity contribution in [2.75, 3.05) is 20.1 Å². The standard InChI is InChI=1S/C11H24N2/c1-5-11(13(4)6-2)9(3)7-10-8-12-10/h9-12H,5-8H2,1-4H3. The molecule has 1 aliphatic heterocycles. The highest BCUT2D eigenvalue weighted by molar-refractivity contribution is 4.87. The summed E-state index contributed by atoms with van der Waals surface area (Å²) in [6.45, 7) is 9.34. The lowest BCUT2D eigenvalue weighted by atomic mass is 9.93. The van der Waals surface area contributed by atoms with E-state index in [0.29, 0.717) is 0 Å². The van der Waals surface area contributed by atoms with Crippen LogP contribution in [0.3, 0.4) is 0 Å². The first-order valence-electron chi connectivity index (χ1n) is 5.62. The van der Waals surface area contributed by atoms with Crippen molar-refractivity contribution < 1.29 is 0 Å². The molecular formula is C11H24N2. The highest BCUT2D eigenvalue weighted by Gasteiger charge is 2.27. The highest BCUT2D eigenvalue weighted by atomic mass is 15.1. The van der Waals surface area contributed by atoms with Gasteiger partial charge in [0.15, 0.2) is 0 Å². The van der Waals surface area contributed by atoms with Gasteiger partial charge in [-0.3, -0.25) is 0 Å². The highest BCUT2D eigenvalue weighted by Crippen LogP contribution is 2.21. The molecule has 0 aliphatic carbocycles. The molecule has 0 aromatic heterocycles. The monoisotopic (exact) mass is 184 g/mol. The van der Waals surface area contributed by atoms with Gasteiger partial charge < -0.3 is 10.2 Å². The fourth-order valence-electron chi connectivity index (χ4n) is 2.24. The van der Waals surface area contributed by atoms with Crippen LogP contribution in [-0.4, -0.2) is 37.1 Å². The van der Waals surface area contributed by atoms with Crippen LogP contribution >= 0.6 is 0 Å². The van der Waals surface area contributed by atoms with Gasteiger partial charge in [-0.2, -0.15) is 0 Å². The van der Waals surface area contributed by atoms with Gasteiger partial charge >= 0.3 is 0 Å². The number of hydrogen-bond donors (Lipinski definition) is 1. The molecule has 2 heteroatoms. The van der Waals surface area contributed by atoms with E-state index in [1.54, 1.807) is 0 Å². The molecule has 3 atom stereocenters. The predicted molar refractivity (Wildman–Crippen MR) is 58.0 cm³/mol. The Bertz CT molecular complexity index is 143. The molecular weight excluding hydrogens is 160 g/mol. The second-order valence-electron chi connectivity index (χ2n) is 4.37. The average Bonchev–Trinajstić information content (AvgIpc) is 2.89. The third-order valence-corrected chi connectivity index (χ3v) is 3.29. The second kappa shape index (κ2) is 4.97. The summed E-state index contributed by atoms with van der Waals surface area (Å²) >= 11 is 0. The van der Waals surface area contributed by atoms with E-state index in [0.717, 1.165) is 18.0 Å². The fraction of sp³-hybridized carbons (Fsp3) is 1.00. The SMILES string of the molecule is CCC(C(C)CC1CN1)N(C)CC. The fourth-order valence-corrected chi connectivity index (χ4v) is 2.24. The Morgan fingerprint density at radius 1 is 1.46 bits per heavy atom. The van der Waals surface area contributed by atoms with Crippen molar-refractivity contribution in [3.63, 3.8) is 0 Å². The zero-order valence-corrected chi connectivity index (χ0v) is 9.51. The maximum Gasteiger partial charge on any atom is 0.0196 e. The zero-order valence-electron chi connectivity index (χ0n) is 9.51. The van der Waals surface area contributed by atoms with E-state index in [9.17, 15) is 0 Å². The maximum atomic E-state index is 3.38. The van der Waals surface area contributed by atoms with Gasteiger partial charge in [0.1, 0.15) is 0 Å². The Kier molecular flexibility index (Phi) is 4.20. The third-order valence-electron chi connectivity index (χ3n) is 3.29. The molecule has 0 aromatic rings.